The Labute approximate surface area is 325 Å². The van der Waals surface area contributed by atoms with Crippen molar-refractivity contribution in [3.8, 4) is 5.69 Å². The van der Waals surface area contributed by atoms with Crippen LogP contribution in [0.15, 0.2) is 170 Å². The molecule has 9 rings (SSSR count). The largest absolute Gasteiger partial charge is 0.319 e. The Bertz CT molecular complexity index is 2670. The number of para-hydroxylation sites is 6. The molecule has 4 nitrogen and oxygen atoms in total. The zero-order valence-corrected chi connectivity index (χ0v) is 32.5. The molecule has 0 N–H and O–H groups in total. The quantitative estimate of drug-likeness (QED) is 0.121. The fourth-order valence-electron chi connectivity index (χ4n) is 9.58. The van der Waals surface area contributed by atoms with E-state index in [0.29, 0.717) is 0 Å². The van der Waals surface area contributed by atoms with Crippen LogP contribution in [-0.2, 0) is 12.5 Å². The highest BCUT2D eigenvalue weighted by Crippen LogP contribution is 2.53. The Kier molecular flexibility index (Phi) is 8.42. The summed E-state index contributed by atoms with van der Waals surface area (Å²) in [4.78, 5) is 5.00. The van der Waals surface area contributed by atoms with E-state index in [1.807, 2.05) is 0 Å². The van der Waals surface area contributed by atoms with Crippen LogP contribution in [0.2, 0.25) is 0 Å². The van der Waals surface area contributed by atoms with Crippen LogP contribution in [0.4, 0.5) is 22.7 Å². The normalized spacial score (nSPS) is 15.0. The van der Waals surface area contributed by atoms with Crippen molar-refractivity contribution >= 4 is 33.8 Å². The number of hydrogen-bond acceptors (Lipinski definition) is 2. The van der Waals surface area contributed by atoms with Crippen molar-refractivity contribution in [1.29, 1.82) is 0 Å². The molecule has 270 valence electrons. The van der Waals surface area contributed by atoms with Gasteiger partial charge in [-0.1, -0.05) is 127 Å². The smallest absolute Gasteiger partial charge is 0.282 e. The van der Waals surface area contributed by atoms with Crippen LogP contribution in [0, 0.1) is 27.7 Å². The summed E-state index contributed by atoms with van der Waals surface area (Å²) in [6.45, 7) is 11.4. The number of rotatable bonds is 7. The number of fused-ring (bicyclic) bond motifs is 2. The number of anilines is 4. The number of aromatic nitrogens is 2. The van der Waals surface area contributed by atoms with E-state index < -0.39 is 5.41 Å². The van der Waals surface area contributed by atoms with Crippen LogP contribution in [0.5, 0.6) is 0 Å². The summed E-state index contributed by atoms with van der Waals surface area (Å²) in [6, 6.07) is 62.3. The van der Waals surface area contributed by atoms with Crippen LogP contribution < -0.4 is 14.4 Å². The minimum atomic E-state index is -0.739. The van der Waals surface area contributed by atoms with Gasteiger partial charge in [-0.3, -0.25) is 0 Å². The van der Waals surface area contributed by atoms with Gasteiger partial charge in [0.25, 0.3) is 5.82 Å². The molecule has 0 spiro atoms. The molecule has 0 radical (unpaired) electrons. The van der Waals surface area contributed by atoms with E-state index in [1.165, 1.54) is 84.2 Å². The Balaban J connectivity index is 1.43. The van der Waals surface area contributed by atoms with Crippen molar-refractivity contribution in [2.45, 2.75) is 46.2 Å². The van der Waals surface area contributed by atoms with Crippen molar-refractivity contribution in [3.63, 3.8) is 0 Å². The van der Waals surface area contributed by atoms with Gasteiger partial charge in [0.05, 0.1) is 18.4 Å². The van der Waals surface area contributed by atoms with Crippen molar-refractivity contribution in [2.75, 3.05) is 9.80 Å². The minimum absolute atomic E-state index is 0.0375. The zero-order chi connectivity index (χ0) is 37.8. The molecule has 1 unspecified atom stereocenters. The summed E-state index contributed by atoms with van der Waals surface area (Å²) in [7, 11) is 2.26. The Morgan fingerprint density at radius 2 is 1.02 bits per heavy atom. The lowest BCUT2D eigenvalue weighted by atomic mass is 9.65. The molecule has 0 saturated carbocycles. The molecule has 0 fully saturated rings. The number of hydrogen-bond donors (Lipinski definition) is 0. The molecule has 55 heavy (non-hydrogen) atoms. The van der Waals surface area contributed by atoms with Crippen molar-refractivity contribution in [2.24, 2.45) is 7.05 Å². The molecular weight excluding hydrogens is 669 g/mol. The first-order valence-electron chi connectivity index (χ1n) is 19.3. The van der Waals surface area contributed by atoms with E-state index in [9.17, 15) is 0 Å². The van der Waals surface area contributed by atoms with Gasteiger partial charge in [0.2, 0.25) is 0 Å². The van der Waals surface area contributed by atoms with Crippen LogP contribution in [0.3, 0.4) is 0 Å². The molecule has 7 aromatic carbocycles. The first-order chi connectivity index (χ1) is 26.8. The van der Waals surface area contributed by atoms with Gasteiger partial charge in [0.15, 0.2) is 11.0 Å². The minimum Gasteiger partial charge on any atom is -0.319 e. The highest BCUT2D eigenvalue weighted by Gasteiger charge is 2.51. The molecule has 1 aliphatic heterocycles. The maximum atomic E-state index is 2.57. The van der Waals surface area contributed by atoms with Gasteiger partial charge in [0, 0.05) is 11.4 Å². The predicted molar refractivity (Wildman–Crippen MR) is 228 cm³/mol. The second kappa shape index (κ2) is 13.5. The average Bonchev–Trinajstić information content (AvgIpc) is 3.67. The summed E-state index contributed by atoms with van der Waals surface area (Å²) in [5.74, 6) is 1.19. The summed E-state index contributed by atoms with van der Waals surface area (Å²) in [6.07, 6.45) is 0.0375. The van der Waals surface area contributed by atoms with E-state index in [4.69, 9.17) is 0 Å². The van der Waals surface area contributed by atoms with Gasteiger partial charge in [-0.2, -0.15) is 4.57 Å². The van der Waals surface area contributed by atoms with E-state index in [0.717, 1.165) is 0 Å². The molecule has 0 aliphatic carbocycles. The third-order valence-corrected chi connectivity index (χ3v) is 11.9. The molecule has 0 amide bonds. The van der Waals surface area contributed by atoms with E-state index in [-0.39, 0.29) is 6.17 Å². The second-order valence-corrected chi connectivity index (χ2v) is 15.0. The highest BCUT2D eigenvalue weighted by atomic mass is 15.4. The predicted octanol–water partition coefficient (Wildman–Crippen LogP) is 11.7. The topological polar surface area (TPSA) is 15.3 Å². The number of benzene rings is 7. The molecular formula is C51H47N4+. The summed E-state index contributed by atoms with van der Waals surface area (Å²) in [5, 5.41) is 0. The first-order valence-corrected chi connectivity index (χ1v) is 19.3. The van der Waals surface area contributed by atoms with E-state index >= 15 is 0 Å². The summed E-state index contributed by atoms with van der Waals surface area (Å²) < 4.78 is 5.02. The third-order valence-electron chi connectivity index (χ3n) is 11.9. The van der Waals surface area contributed by atoms with Crippen LogP contribution in [0.25, 0.3) is 16.7 Å². The Hall–Kier alpha value is -6.39. The molecule has 0 bridgehead atoms. The third kappa shape index (κ3) is 5.16. The van der Waals surface area contributed by atoms with Gasteiger partial charge in [-0.25, -0.2) is 4.57 Å². The summed E-state index contributed by atoms with van der Waals surface area (Å²) in [5.41, 5.74) is 16.3. The fraction of sp³-hybridized carbons (Fsp3) is 0.157. The maximum Gasteiger partial charge on any atom is 0.282 e. The van der Waals surface area contributed by atoms with Crippen LogP contribution in [-0.4, -0.2) is 10.7 Å². The maximum absolute atomic E-state index is 2.57. The Morgan fingerprint density at radius 3 is 1.73 bits per heavy atom. The lowest BCUT2D eigenvalue weighted by Crippen LogP contribution is -2.47. The molecule has 1 aliphatic rings. The molecule has 0 saturated heterocycles. The highest BCUT2D eigenvalue weighted by molar-refractivity contribution is 5.89. The average molecular weight is 716 g/mol. The Morgan fingerprint density at radius 1 is 0.491 bits per heavy atom. The van der Waals surface area contributed by atoms with Crippen LogP contribution in [0.1, 0.15) is 51.7 Å². The molecule has 2 atom stereocenters. The van der Waals surface area contributed by atoms with Gasteiger partial charge in [-0.15, -0.1) is 0 Å². The summed E-state index contributed by atoms with van der Waals surface area (Å²) >= 11 is 0. The van der Waals surface area contributed by atoms with Crippen molar-refractivity contribution < 1.29 is 4.57 Å². The molecule has 2 heterocycles. The monoisotopic (exact) mass is 715 g/mol. The molecule has 8 aromatic rings. The van der Waals surface area contributed by atoms with E-state index in [1.54, 1.807) is 0 Å². The molecule has 1 aromatic heterocycles. The van der Waals surface area contributed by atoms with Crippen molar-refractivity contribution in [3.05, 3.63) is 215 Å². The SMILES string of the molecule is Cc1ccccc1C(c1ccccc1)(c1cccc(N2c3ccccc3N(c3ccccc3)[C@H]2C)c1C)c1n(-c2c(C)cccc2C)c2ccccc2[n+]1C. The van der Waals surface area contributed by atoms with E-state index in [2.05, 4.69) is 230 Å². The second-order valence-electron chi connectivity index (χ2n) is 15.0. The van der Waals surface area contributed by atoms with Gasteiger partial charge in [-0.05, 0) is 116 Å². The number of imidazole rings is 1. The lowest BCUT2D eigenvalue weighted by molar-refractivity contribution is -0.655. The zero-order valence-electron chi connectivity index (χ0n) is 32.5. The first kappa shape index (κ1) is 34.4. The molecule has 4 heteroatoms. The number of nitrogens with zero attached hydrogens (tertiary/aromatic N) is 4. The number of aryl methyl sites for hydroxylation is 4. The lowest BCUT2D eigenvalue weighted by Gasteiger charge is -2.37. The fourth-order valence-corrected chi connectivity index (χ4v) is 9.58. The van der Waals surface area contributed by atoms with Crippen LogP contribution >= 0.6 is 0 Å². The van der Waals surface area contributed by atoms with Gasteiger partial charge >= 0.3 is 0 Å². The van der Waals surface area contributed by atoms with Crippen molar-refractivity contribution in [1.82, 2.24) is 4.57 Å². The van der Waals surface area contributed by atoms with Gasteiger partial charge < -0.3 is 9.80 Å². The van der Waals surface area contributed by atoms with Gasteiger partial charge in [0.1, 0.15) is 17.3 Å². The standard InChI is InChI=1S/C51H47N4/c1-35-21-13-14-28-42(35)51(40-24-9-7-10-25-40,50-52(6)45-30-15-16-31-46(45)55(50)49-36(2)22-19-23-37(49)3)43-29-20-34-44(38(43)4)54-39(5)53(41-26-11-8-12-27-41)47-32-17-18-33-48(47)54/h7-34,39H,1-6H3/q+1/t39-,51?/m1/s1.